The van der Waals surface area contributed by atoms with Crippen molar-refractivity contribution in [2.45, 2.75) is 39.2 Å². The molecular formula is C14H21N3O2. The van der Waals surface area contributed by atoms with Gasteiger partial charge in [0.2, 0.25) is 11.8 Å². The van der Waals surface area contributed by atoms with Crippen LogP contribution in [-0.2, 0) is 4.79 Å². The molecule has 1 unspecified atom stereocenters. The molecule has 0 spiro atoms. The highest BCUT2D eigenvalue weighted by atomic mass is 16.2. The number of nitrogens with two attached hydrogens (primary N) is 2. The minimum atomic E-state index is -0.531. The number of nitrogens with one attached hydrogen (secondary N) is 1. The van der Waals surface area contributed by atoms with Crippen LogP contribution in [0.15, 0.2) is 18.2 Å². The van der Waals surface area contributed by atoms with E-state index in [9.17, 15) is 9.59 Å². The molecule has 104 valence electrons. The molecule has 0 aromatic heterocycles. The normalized spacial score (nSPS) is 11.9. The molecular weight excluding hydrogens is 242 g/mol. The van der Waals surface area contributed by atoms with Gasteiger partial charge in [0.05, 0.1) is 6.04 Å². The van der Waals surface area contributed by atoms with Gasteiger partial charge in [0.1, 0.15) is 0 Å². The lowest BCUT2D eigenvalue weighted by Gasteiger charge is -2.14. The predicted molar refractivity (Wildman–Crippen MR) is 75.8 cm³/mol. The molecule has 1 aromatic carbocycles. The van der Waals surface area contributed by atoms with Gasteiger partial charge in [-0.15, -0.1) is 0 Å². The van der Waals surface area contributed by atoms with Crippen molar-refractivity contribution in [2.75, 3.05) is 5.32 Å². The van der Waals surface area contributed by atoms with Crippen molar-refractivity contribution in [3.63, 3.8) is 0 Å². The summed E-state index contributed by atoms with van der Waals surface area (Å²) in [6.45, 7) is 3.79. The SMILES string of the molecule is CCCCC(N)C(=O)Nc1cccc(C(N)=O)c1C. The summed E-state index contributed by atoms with van der Waals surface area (Å²) in [5.41, 5.74) is 12.7. The quantitative estimate of drug-likeness (QED) is 0.726. The lowest BCUT2D eigenvalue weighted by Crippen LogP contribution is -2.35. The third-order valence-corrected chi connectivity index (χ3v) is 3.06. The fourth-order valence-electron chi connectivity index (χ4n) is 1.82. The zero-order valence-corrected chi connectivity index (χ0v) is 11.4. The summed E-state index contributed by atoms with van der Waals surface area (Å²) in [7, 11) is 0. The molecule has 5 N–H and O–H groups in total. The largest absolute Gasteiger partial charge is 0.366 e. The molecule has 5 heteroatoms. The van der Waals surface area contributed by atoms with Gasteiger partial charge in [-0.1, -0.05) is 25.8 Å². The second-order valence-corrected chi connectivity index (χ2v) is 4.58. The van der Waals surface area contributed by atoms with Crippen LogP contribution in [-0.4, -0.2) is 17.9 Å². The Morgan fingerprint density at radius 3 is 2.63 bits per heavy atom. The molecule has 0 heterocycles. The summed E-state index contributed by atoms with van der Waals surface area (Å²) in [6.07, 6.45) is 2.56. The zero-order valence-electron chi connectivity index (χ0n) is 11.4. The number of carbonyl (C=O) groups is 2. The summed E-state index contributed by atoms with van der Waals surface area (Å²) in [4.78, 5) is 23.1. The number of amides is 2. The number of hydrogen-bond donors (Lipinski definition) is 3. The van der Waals surface area contributed by atoms with Gasteiger partial charge in [-0.25, -0.2) is 0 Å². The Kier molecular flexibility index (Phi) is 5.51. The summed E-state index contributed by atoms with van der Waals surface area (Å²) in [5, 5.41) is 2.74. The molecule has 1 atom stereocenters. The van der Waals surface area contributed by atoms with Crippen LogP contribution in [0.25, 0.3) is 0 Å². The van der Waals surface area contributed by atoms with Gasteiger partial charge in [-0.3, -0.25) is 9.59 Å². The summed E-state index contributed by atoms with van der Waals surface area (Å²) < 4.78 is 0. The van der Waals surface area contributed by atoms with E-state index < -0.39 is 11.9 Å². The molecule has 0 aliphatic rings. The van der Waals surface area contributed by atoms with Gasteiger partial charge in [-0.2, -0.15) is 0 Å². The molecule has 0 radical (unpaired) electrons. The summed E-state index contributed by atoms with van der Waals surface area (Å²) in [5.74, 6) is -0.748. The molecule has 0 saturated heterocycles. The van der Waals surface area contributed by atoms with Crippen molar-refractivity contribution in [1.29, 1.82) is 0 Å². The van der Waals surface area contributed by atoms with Crippen molar-refractivity contribution < 1.29 is 9.59 Å². The highest BCUT2D eigenvalue weighted by molar-refractivity contribution is 5.99. The van der Waals surface area contributed by atoms with Crippen molar-refractivity contribution in [3.05, 3.63) is 29.3 Å². The number of primary amides is 1. The van der Waals surface area contributed by atoms with Gasteiger partial charge >= 0.3 is 0 Å². The second-order valence-electron chi connectivity index (χ2n) is 4.58. The van der Waals surface area contributed by atoms with Crippen LogP contribution in [0, 0.1) is 6.92 Å². The molecule has 5 nitrogen and oxygen atoms in total. The van der Waals surface area contributed by atoms with Gasteiger partial charge in [0, 0.05) is 11.3 Å². The van der Waals surface area contributed by atoms with E-state index in [0.29, 0.717) is 23.2 Å². The minimum Gasteiger partial charge on any atom is -0.366 e. The Bertz CT molecular complexity index is 472. The van der Waals surface area contributed by atoms with Crippen molar-refractivity contribution >= 4 is 17.5 Å². The topological polar surface area (TPSA) is 98.2 Å². The Balaban J connectivity index is 2.80. The highest BCUT2D eigenvalue weighted by Gasteiger charge is 2.15. The smallest absolute Gasteiger partial charge is 0.249 e. The van der Waals surface area contributed by atoms with Crippen LogP contribution in [0.5, 0.6) is 0 Å². The standard InChI is InChI=1S/C14H21N3O2/c1-3-4-7-11(15)14(19)17-12-8-5-6-10(9(12)2)13(16)18/h5-6,8,11H,3-4,7,15H2,1-2H3,(H2,16,18)(H,17,19). The summed E-state index contributed by atoms with van der Waals surface area (Å²) >= 11 is 0. The number of rotatable bonds is 6. The maximum Gasteiger partial charge on any atom is 0.249 e. The number of unbranched alkanes of at least 4 members (excludes halogenated alkanes) is 1. The van der Waals surface area contributed by atoms with Crippen LogP contribution >= 0.6 is 0 Å². The van der Waals surface area contributed by atoms with Gasteiger partial charge in [0.15, 0.2) is 0 Å². The van der Waals surface area contributed by atoms with E-state index in [1.807, 2.05) is 6.92 Å². The fourth-order valence-corrected chi connectivity index (χ4v) is 1.82. The lowest BCUT2D eigenvalue weighted by atomic mass is 10.1. The van der Waals surface area contributed by atoms with E-state index in [0.717, 1.165) is 12.8 Å². The Morgan fingerprint density at radius 1 is 1.37 bits per heavy atom. The van der Waals surface area contributed by atoms with Crippen molar-refractivity contribution in [1.82, 2.24) is 0 Å². The molecule has 2 amide bonds. The zero-order chi connectivity index (χ0) is 14.4. The lowest BCUT2D eigenvalue weighted by molar-refractivity contribution is -0.117. The second kappa shape index (κ2) is 6.89. The first-order chi connectivity index (χ1) is 8.97. The Morgan fingerprint density at radius 2 is 2.05 bits per heavy atom. The molecule has 1 aromatic rings. The van der Waals surface area contributed by atoms with E-state index >= 15 is 0 Å². The number of carbonyl (C=O) groups excluding carboxylic acids is 2. The average molecular weight is 263 g/mol. The molecule has 0 aliphatic heterocycles. The van der Waals surface area contributed by atoms with Crippen LogP contribution in [0.1, 0.15) is 42.1 Å². The number of hydrogen-bond acceptors (Lipinski definition) is 3. The minimum absolute atomic E-state index is 0.238. The first kappa shape index (κ1) is 15.2. The number of anilines is 1. The van der Waals surface area contributed by atoms with Crippen LogP contribution in [0.2, 0.25) is 0 Å². The molecule has 1 rings (SSSR count). The third-order valence-electron chi connectivity index (χ3n) is 3.06. The van der Waals surface area contributed by atoms with E-state index in [4.69, 9.17) is 11.5 Å². The van der Waals surface area contributed by atoms with E-state index in [1.54, 1.807) is 25.1 Å². The van der Waals surface area contributed by atoms with Crippen LogP contribution in [0.3, 0.4) is 0 Å². The highest BCUT2D eigenvalue weighted by Crippen LogP contribution is 2.19. The Hall–Kier alpha value is -1.88. The maximum absolute atomic E-state index is 11.9. The molecule has 0 saturated carbocycles. The van der Waals surface area contributed by atoms with Gasteiger partial charge in [0.25, 0.3) is 0 Å². The third kappa shape index (κ3) is 4.06. The van der Waals surface area contributed by atoms with Crippen LogP contribution in [0.4, 0.5) is 5.69 Å². The first-order valence-corrected chi connectivity index (χ1v) is 6.43. The average Bonchev–Trinajstić information content (AvgIpc) is 2.37. The maximum atomic E-state index is 11.9. The molecule has 19 heavy (non-hydrogen) atoms. The summed E-state index contributed by atoms with van der Waals surface area (Å²) in [6, 6.07) is 4.51. The fraction of sp³-hybridized carbons (Fsp3) is 0.429. The number of benzene rings is 1. The van der Waals surface area contributed by atoms with Crippen molar-refractivity contribution in [3.8, 4) is 0 Å². The predicted octanol–water partition coefficient (Wildman–Crippen LogP) is 1.55. The van der Waals surface area contributed by atoms with Crippen LogP contribution < -0.4 is 16.8 Å². The molecule has 0 fully saturated rings. The van der Waals surface area contributed by atoms with E-state index in [1.165, 1.54) is 0 Å². The molecule has 0 bridgehead atoms. The van der Waals surface area contributed by atoms with E-state index in [2.05, 4.69) is 5.32 Å². The van der Waals surface area contributed by atoms with Gasteiger partial charge < -0.3 is 16.8 Å². The first-order valence-electron chi connectivity index (χ1n) is 6.43. The monoisotopic (exact) mass is 263 g/mol. The van der Waals surface area contributed by atoms with Crippen molar-refractivity contribution in [2.24, 2.45) is 11.5 Å². The van der Waals surface area contributed by atoms with Gasteiger partial charge in [-0.05, 0) is 31.0 Å². The molecule has 0 aliphatic carbocycles. The Labute approximate surface area is 113 Å². The van der Waals surface area contributed by atoms with E-state index in [-0.39, 0.29) is 5.91 Å².